The molecule has 1 N–H and O–H groups in total. The van der Waals surface area contributed by atoms with Gasteiger partial charge in [0.2, 0.25) is 0 Å². The Morgan fingerprint density at radius 1 is 1.16 bits per heavy atom. The van der Waals surface area contributed by atoms with Crippen LogP contribution in [0.5, 0.6) is 5.75 Å². The van der Waals surface area contributed by atoms with E-state index in [-0.39, 0.29) is 0 Å². The van der Waals surface area contributed by atoms with Crippen molar-refractivity contribution < 1.29 is 4.74 Å². The standard InChI is InChI=1S/C17H27NO/c1-12(2)10-18-11-13(3)14(4)15-5-6-17-16(9-15)7-8-19-17/h5-6,9,12-14,18H,7-8,10-11H2,1-4H3. The first-order valence-electron chi connectivity index (χ1n) is 7.54. The molecule has 0 radical (unpaired) electrons. The zero-order valence-electron chi connectivity index (χ0n) is 12.7. The molecule has 1 aliphatic heterocycles. The minimum Gasteiger partial charge on any atom is -0.493 e. The lowest BCUT2D eigenvalue weighted by Gasteiger charge is -2.22. The number of hydrogen-bond acceptors (Lipinski definition) is 2. The van der Waals surface area contributed by atoms with Crippen molar-refractivity contribution in [2.24, 2.45) is 11.8 Å². The molecule has 2 rings (SSSR count). The molecule has 2 heteroatoms. The van der Waals surface area contributed by atoms with E-state index in [0.29, 0.717) is 11.8 Å². The van der Waals surface area contributed by atoms with E-state index in [4.69, 9.17) is 4.74 Å². The molecular weight excluding hydrogens is 234 g/mol. The SMILES string of the molecule is CC(C)CNCC(C)C(C)c1ccc2c(c1)CCO2. The average Bonchev–Trinajstić information content (AvgIpc) is 2.84. The molecule has 0 fully saturated rings. The molecule has 0 saturated carbocycles. The van der Waals surface area contributed by atoms with E-state index in [1.54, 1.807) is 0 Å². The normalized spacial score (nSPS) is 17.1. The molecule has 1 aromatic rings. The van der Waals surface area contributed by atoms with Crippen LogP contribution in [0.1, 0.15) is 44.7 Å². The molecular formula is C17H27NO. The molecule has 2 unspecified atom stereocenters. The highest BCUT2D eigenvalue weighted by atomic mass is 16.5. The molecule has 0 amide bonds. The first kappa shape index (κ1) is 14.4. The zero-order chi connectivity index (χ0) is 13.8. The molecule has 106 valence electrons. The maximum atomic E-state index is 5.57. The quantitative estimate of drug-likeness (QED) is 0.844. The van der Waals surface area contributed by atoms with Gasteiger partial charge in [-0.1, -0.05) is 39.8 Å². The molecule has 1 aliphatic rings. The number of fused-ring (bicyclic) bond motifs is 1. The van der Waals surface area contributed by atoms with Crippen molar-refractivity contribution in [3.05, 3.63) is 29.3 Å². The van der Waals surface area contributed by atoms with Crippen LogP contribution in [0.3, 0.4) is 0 Å². The highest BCUT2D eigenvalue weighted by Crippen LogP contribution is 2.31. The Morgan fingerprint density at radius 2 is 1.95 bits per heavy atom. The van der Waals surface area contributed by atoms with Gasteiger partial charge in [0.1, 0.15) is 5.75 Å². The van der Waals surface area contributed by atoms with Crippen LogP contribution in [-0.2, 0) is 6.42 Å². The predicted molar refractivity (Wildman–Crippen MR) is 80.9 cm³/mol. The van der Waals surface area contributed by atoms with Crippen LogP contribution in [0, 0.1) is 11.8 Å². The van der Waals surface area contributed by atoms with Gasteiger partial charge in [-0.2, -0.15) is 0 Å². The van der Waals surface area contributed by atoms with Crippen LogP contribution >= 0.6 is 0 Å². The Bertz CT molecular complexity index is 414. The van der Waals surface area contributed by atoms with Crippen LogP contribution in [0.15, 0.2) is 18.2 Å². The average molecular weight is 261 g/mol. The summed E-state index contributed by atoms with van der Waals surface area (Å²) < 4.78 is 5.57. The summed E-state index contributed by atoms with van der Waals surface area (Å²) in [6, 6.07) is 6.71. The molecule has 0 aromatic heterocycles. The van der Waals surface area contributed by atoms with E-state index in [1.165, 1.54) is 11.1 Å². The molecule has 19 heavy (non-hydrogen) atoms. The Labute approximate surface area is 117 Å². The third kappa shape index (κ3) is 3.73. The van der Waals surface area contributed by atoms with Gasteiger partial charge in [-0.05, 0) is 48.0 Å². The lowest BCUT2D eigenvalue weighted by Crippen LogP contribution is -2.27. The summed E-state index contributed by atoms with van der Waals surface area (Å²) in [6.07, 6.45) is 1.07. The third-order valence-corrected chi connectivity index (χ3v) is 4.11. The molecule has 0 bridgehead atoms. The van der Waals surface area contributed by atoms with Crippen molar-refractivity contribution in [1.29, 1.82) is 0 Å². The maximum Gasteiger partial charge on any atom is 0.122 e. The van der Waals surface area contributed by atoms with Crippen molar-refractivity contribution in [2.45, 2.75) is 40.0 Å². The van der Waals surface area contributed by atoms with Crippen LogP contribution in [-0.4, -0.2) is 19.7 Å². The zero-order valence-corrected chi connectivity index (χ0v) is 12.7. The molecule has 0 saturated heterocycles. The third-order valence-electron chi connectivity index (χ3n) is 4.11. The van der Waals surface area contributed by atoms with Gasteiger partial charge in [-0.25, -0.2) is 0 Å². The molecule has 1 heterocycles. The van der Waals surface area contributed by atoms with Gasteiger partial charge in [0.05, 0.1) is 6.61 Å². The number of benzene rings is 1. The second-order valence-electron chi connectivity index (χ2n) is 6.28. The number of rotatable bonds is 6. The Morgan fingerprint density at radius 3 is 2.68 bits per heavy atom. The van der Waals surface area contributed by atoms with Crippen LogP contribution in [0.4, 0.5) is 0 Å². The van der Waals surface area contributed by atoms with E-state index >= 15 is 0 Å². The summed E-state index contributed by atoms with van der Waals surface area (Å²) in [4.78, 5) is 0. The van der Waals surface area contributed by atoms with E-state index < -0.39 is 0 Å². The second kappa shape index (κ2) is 6.42. The topological polar surface area (TPSA) is 21.3 Å². The highest BCUT2D eigenvalue weighted by molar-refractivity contribution is 5.40. The van der Waals surface area contributed by atoms with E-state index in [1.807, 2.05) is 0 Å². The monoisotopic (exact) mass is 261 g/mol. The van der Waals surface area contributed by atoms with E-state index in [9.17, 15) is 0 Å². The lowest BCUT2D eigenvalue weighted by molar-refractivity contribution is 0.356. The number of nitrogens with one attached hydrogen (secondary N) is 1. The second-order valence-corrected chi connectivity index (χ2v) is 6.28. The van der Waals surface area contributed by atoms with Gasteiger partial charge in [0.25, 0.3) is 0 Å². The fraction of sp³-hybridized carbons (Fsp3) is 0.647. The maximum absolute atomic E-state index is 5.57. The molecule has 1 aromatic carbocycles. The summed E-state index contributed by atoms with van der Waals surface area (Å²) in [7, 11) is 0. The first-order chi connectivity index (χ1) is 9.08. The molecule has 0 aliphatic carbocycles. The molecule has 0 spiro atoms. The van der Waals surface area contributed by atoms with Crippen molar-refractivity contribution in [3.63, 3.8) is 0 Å². The minimum absolute atomic E-state index is 0.588. The van der Waals surface area contributed by atoms with Crippen molar-refractivity contribution in [1.82, 2.24) is 5.32 Å². The van der Waals surface area contributed by atoms with Crippen molar-refractivity contribution in [2.75, 3.05) is 19.7 Å². The minimum atomic E-state index is 0.588. The van der Waals surface area contributed by atoms with Gasteiger partial charge >= 0.3 is 0 Å². The fourth-order valence-corrected chi connectivity index (χ4v) is 2.59. The van der Waals surface area contributed by atoms with Gasteiger partial charge in [-0.3, -0.25) is 0 Å². The van der Waals surface area contributed by atoms with Crippen LogP contribution < -0.4 is 10.1 Å². The summed E-state index contributed by atoms with van der Waals surface area (Å²) in [5, 5.41) is 3.56. The smallest absolute Gasteiger partial charge is 0.122 e. The predicted octanol–water partition coefficient (Wildman–Crippen LogP) is 3.61. The van der Waals surface area contributed by atoms with E-state index in [2.05, 4.69) is 51.2 Å². The summed E-state index contributed by atoms with van der Waals surface area (Å²) in [5.74, 6) is 3.05. The van der Waals surface area contributed by atoms with Gasteiger partial charge < -0.3 is 10.1 Å². The summed E-state index contributed by atoms with van der Waals surface area (Å²) >= 11 is 0. The van der Waals surface area contributed by atoms with Gasteiger partial charge in [0.15, 0.2) is 0 Å². The number of hydrogen-bond donors (Lipinski definition) is 1. The number of ether oxygens (including phenoxy) is 1. The van der Waals surface area contributed by atoms with Gasteiger partial charge in [0, 0.05) is 6.42 Å². The largest absolute Gasteiger partial charge is 0.493 e. The highest BCUT2D eigenvalue weighted by Gasteiger charge is 2.18. The Kier molecular flexibility index (Phi) is 4.87. The first-order valence-corrected chi connectivity index (χ1v) is 7.54. The van der Waals surface area contributed by atoms with Crippen LogP contribution in [0.25, 0.3) is 0 Å². The van der Waals surface area contributed by atoms with Crippen molar-refractivity contribution >= 4 is 0 Å². The lowest BCUT2D eigenvalue weighted by atomic mass is 9.87. The van der Waals surface area contributed by atoms with Crippen LogP contribution in [0.2, 0.25) is 0 Å². The Hall–Kier alpha value is -1.02. The molecule has 2 nitrogen and oxygen atoms in total. The fourth-order valence-electron chi connectivity index (χ4n) is 2.59. The molecule has 2 atom stereocenters. The van der Waals surface area contributed by atoms with E-state index in [0.717, 1.165) is 37.8 Å². The van der Waals surface area contributed by atoms with Gasteiger partial charge in [-0.15, -0.1) is 0 Å². The Balaban J connectivity index is 1.93. The summed E-state index contributed by atoms with van der Waals surface area (Å²) in [6.45, 7) is 12.2. The summed E-state index contributed by atoms with van der Waals surface area (Å²) in [5.41, 5.74) is 2.83. The van der Waals surface area contributed by atoms with Crippen molar-refractivity contribution in [3.8, 4) is 5.75 Å².